The summed E-state index contributed by atoms with van der Waals surface area (Å²) in [6.45, 7) is 1.28. The fraction of sp³-hybridized carbons (Fsp3) is 0.400. The molecule has 0 bridgehead atoms. The number of rotatable bonds is 3. The predicted octanol–water partition coefficient (Wildman–Crippen LogP) is 3.82. The lowest BCUT2D eigenvalue weighted by Crippen LogP contribution is -2.19. The molecule has 0 saturated carbocycles. The molecule has 0 amide bonds. The van der Waals surface area contributed by atoms with Crippen molar-refractivity contribution in [3.63, 3.8) is 0 Å². The van der Waals surface area contributed by atoms with E-state index in [-0.39, 0.29) is 6.61 Å². The van der Waals surface area contributed by atoms with Crippen molar-refractivity contribution < 1.29 is 31.5 Å². The van der Waals surface area contributed by atoms with Crippen molar-refractivity contribution in [2.75, 3.05) is 6.61 Å². The number of ether oxygens (including phenoxy) is 1. The highest BCUT2D eigenvalue weighted by atomic mass is 127. The number of nitrogens with zero attached hydrogens (tertiary/aromatic N) is 1. The summed E-state index contributed by atoms with van der Waals surface area (Å²) in [6, 6.07) is 0. The van der Waals surface area contributed by atoms with Gasteiger partial charge in [0.05, 0.1) is 21.3 Å². The molecule has 0 radical (unpaired) electrons. The topological polar surface area (TPSA) is 39.2 Å². The maximum atomic E-state index is 12.9. The number of halogens is 6. The third-order valence-electron chi connectivity index (χ3n) is 2.03. The molecule has 0 aliphatic rings. The number of aromatic nitrogens is 1. The molecule has 1 rings (SSSR count). The van der Waals surface area contributed by atoms with E-state index in [2.05, 4.69) is 9.72 Å². The third kappa shape index (κ3) is 3.51. The first-order chi connectivity index (χ1) is 8.70. The fourth-order valence-corrected chi connectivity index (χ4v) is 2.27. The van der Waals surface area contributed by atoms with Crippen molar-refractivity contribution in [1.29, 1.82) is 0 Å². The minimum atomic E-state index is -4.95. The monoisotopic (exact) mass is 395 g/mol. The van der Waals surface area contributed by atoms with Gasteiger partial charge in [-0.2, -0.15) is 13.2 Å². The Morgan fingerprint density at radius 1 is 1.47 bits per heavy atom. The molecule has 0 unspecified atom stereocenters. The molecule has 0 aromatic carbocycles. The highest BCUT2D eigenvalue weighted by molar-refractivity contribution is 14.1. The molecular weight excluding hydrogens is 388 g/mol. The van der Waals surface area contributed by atoms with Crippen LogP contribution in [0.2, 0.25) is 0 Å². The van der Waals surface area contributed by atoms with Crippen LogP contribution in [-0.2, 0) is 10.9 Å². The average molecular weight is 395 g/mol. The van der Waals surface area contributed by atoms with Gasteiger partial charge in [-0.3, -0.25) is 4.98 Å². The molecule has 19 heavy (non-hydrogen) atoms. The Hall–Kier alpha value is -1.00. The zero-order chi connectivity index (χ0) is 14.8. The van der Waals surface area contributed by atoms with Gasteiger partial charge in [0.2, 0.25) is 0 Å². The van der Waals surface area contributed by atoms with Gasteiger partial charge in [0.25, 0.3) is 6.43 Å². The quantitative estimate of drug-likeness (QED) is 0.444. The molecule has 3 nitrogen and oxygen atoms in total. The number of carbonyl (C=O) groups is 1. The van der Waals surface area contributed by atoms with Gasteiger partial charge in [-0.15, -0.1) is 0 Å². The molecule has 0 spiro atoms. The first kappa shape index (κ1) is 16.1. The Morgan fingerprint density at radius 3 is 2.47 bits per heavy atom. The molecule has 1 heterocycles. The lowest BCUT2D eigenvalue weighted by Gasteiger charge is -2.15. The molecular formula is C10H7F5INO2. The van der Waals surface area contributed by atoms with Gasteiger partial charge in [0, 0.05) is 6.20 Å². The molecule has 0 saturated heterocycles. The van der Waals surface area contributed by atoms with Gasteiger partial charge in [-0.05, 0) is 29.5 Å². The average Bonchev–Trinajstić information content (AvgIpc) is 2.26. The molecule has 0 aliphatic heterocycles. The van der Waals surface area contributed by atoms with Gasteiger partial charge >= 0.3 is 12.1 Å². The number of esters is 1. The molecule has 106 valence electrons. The van der Waals surface area contributed by atoms with Crippen LogP contribution in [0.4, 0.5) is 22.0 Å². The highest BCUT2D eigenvalue weighted by Crippen LogP contribution is 2.38. The zero-order valence-electron chi connectivity index (χ0n) is 9.39. The smallest absolute Gasteiger partial charge is 0.418 e. The lowest BCUT2D eigenvalue weighted by atomic mass is 10.1. The Morgan fingerprint density at radius 2 is 2.05 bits per heavy atom. The maximum absolute atomic E-state index is 12.9. The standard InChI is InChI=1S/C10H7F5INO2/c1-2-19-9(18)4-3-17-7(8(11)12)6(16)5(4)10(13,14)15/h3,8H,2H2,1H3. The summed E-state index contributed by atoms with van der Waals surface area (Å²) in [5.74, 6) is -1.25. The molecule has 0 N–H and O–H groups in total. The minimum Gasteiger partial charge on any atom is -0.462 e. The highest BCUT2D eigenvalue weighted by Gasteiger charge is 2.40. The second kappa shape index (κ2) is 5.97. The van der Waals surface area contributed by atoms with E-state index in [1.54, 1.807) is 0 Å². The molecule has 1 aromatic heterocycles. The minimum absolute atomic E-state index is 0.136. The predicted molar refractivity (Wildman–Crippen MR) is 62.9 cm³/mol. The second-order valence-electron chi connectivity index (χ2n) is 3.27. The number of alkyl halides is 5. The van der Waals surface area contributed by atoms with Gasteiger partial charge in [-0.1, -0.05) is 0 Å². The van der Waals surface area contributed by atoms with Crippen LogP contribution < -0.4 is 0 Å². The van der Waals surface area contributed by atoms with Crippen molar-refractivity contribution in [2.45, 2.75) is 19.5 Å². The van der Waals surface area contributed by atoms with E-state index in [0.29, 0.717) is 6.20 Å². The largest absolute Gasteiger partial charge is 0.462 e. The van der Waals surface area contributed by atoms with E-state index in [1.165, 1.54) is 6.92 Å². The van der Waals surface area contributed by atoms with E-state index in [1.807, 2.05) is 0 Å². The Labute approximate surface area is 118 Å². The number of hydrogen-bond donors (Lipinski definition) is 0. The van der Waals surface area contributed by atoms with Crippen LogP contribution in [0.5, 0.6) is 0 Å². The van der Waals surface area contributed by atoms with Crippen LogP contribution in [0, 0.1) is 3.57 Å². The molecule has 1 aromatic rings. The van der Waals surface area contributed by atoms with Gasteiger partial charge < -0.3 is 4.74 Å². The summed E-state index contributed by atoms with van der Waals surface area (Å²) in [5, 5.41) is 0. The van der Waals surface area contributed by atoms with Crippen LogP contribution in [0.1, 0.15) is 35.0 Å². The van der Waals surface area contributed by atoms with Crippen molar-refractivity contribution in [2.24, 2.45) is 0 Å². The Bertz CT molecular complexity index is 490. The van der Waals surface area contributed by atoms with E-state index >= 15 is 0 Å². The van der Waals surface area contributed by atoms with E-state index in [4.69, 9.17) is 0 Å². The second-order valence-corrected chi connectivity index (χ2v) is 4.34. The SMILES string of the molecule is CCOC(=O)c1cnc(C(F)F)c(I)c1C(F)(F)F. The third-order valence-corrected chi connectivity index (χ3v) is 3.12. The normalized spacial score (nSPS) is 11.8. The van der Waals surface area contributed by atoms with E-state index in [0.717, 1.165) is 22.6 Å². The first-order valence-corrected chi connectivity index (χ1v) is 5.98. The van der Waals surface area contributed by atoms with Crippen molar-refractivity contribution in [3.05, 3.63) is 26.6 Å². The summed E-state index contributed by atoms with van der Waals surface area (Å²) in [5.41, 5.74) is -3.33. The molecule has 0 aliphatic carbocycles. The van der Waals surface area contributed by atoms with Crippen molar-refractivity contribution in [1.82, 2.24) is 4.98 Å². The van der Waals surface area contributed by atoms with Crippen LogP contribution in [0.25, 0.3) is 0 Å². The van der Waals surface area contributed by atoms with Crippen molar-refractivity contribution in [3.8, 4) is 0 Å². The summed E-state index contributed by atoms with van der Waals surface area (Å²) >= 11 is 1.10. The number of pyridine rings is 1. The van der Waals surface area contributed by atoms with Crippen LogP contribution in [0.15, 0.2) is 6.20 Å². The molecule has 9 heteroatoms. The maximum Gasteiger partial charge on any atom is 0.418 e. The Balaban J connectivity index is 3.49. The molecule has 0 atom stereocenters. The van der Waals surface area contributed by atoms with Crippen LogP contribution in [-0.4, -0.2) is 17.6 Å². The Kier molecular flexibility index (Phi) is 5.04. The molecule has 0 fully saturated rings. The number of hydrogen-bond acceptors (Lipinski definition) is 3. The van der Waals surface area contributed by atoms with E-state index in [9.17, 15) is 26.7 Å². The van der Waals surface area contributed by atoms with Gasteiger partial charge in [0.1, 0.15) is 5.69 Å². The van der Waals surface area contributed by atoms with E-state index < -0.39 is 39.0 Å². The fourth-order valence-electron chi connectivity index (χ4n) is 1.29. The van der Waals surface area contributed by atoms with Gasteiger partial charge in [-0.25, -0.2) is 13.6 Å². The first-order valence-electron chi connectivity index (χ1n) is 4.91. The zero-order valence-corrected chi connectivity index (χ0v) is 11.6. The van der Waals surface area contributed by atoms with Crippen LogP contribution in [0.3, 0.4) is 0 Å². The summed E-state index contributed by atoms with van der Waals surface area (Å²) in [4.78, 5) is 14.6. The summed E-state index contributed by atoms with van der Waals surface area (Å²) in [6.07, 6.45) is -7.65. The lowest BCUT2D eigenvalue weighted by molar-refractivity contribution is -0.139. The summed E-state index contributed by atoms with van der Waals surface area (Å²) < 4.78 is 67.3. The van der Waals surface area contributed by atoms with Gasteiger partial charge in [0.15, 0.2) is 0 Å². The summed E-state index contributed by atoms with van der Waals surface area (Å²) in [7, 11) is 0. The van der Waals surface area contributed by atoms with Crippen molar-refractivity contribution >= 4 is 28.6 Å². The van der Waals surface area contributed by atoms with Crippen LogP contribution >= 0.6 is 22.6 Å². The number of carbonyl (C=O) groups excluding carboxylic acids is 1.